The first-order valence-electron chi connectivity index (χ1n) is 7.68. The Balaban J connectivity index is 2.06. The van der Waals surface area contributed by atoms with Gasteiger partial charge in [-0.1, -0.05) is 47.0 Å². The first-order valence-corrected chi connectivity index (χ1v) is 8.47. The highest BCUT2D eigenvalue weighted by molar-refractivity contribution is 9.10. The van der Waals surface area contributed by atoms with E-state index in [-0.39, 0.29) is 11.6 Å². The Morgan fingerprint density at radius 1 is 1.15 bits per heavy atom. The molecule has 1 heterocycles. The van der Waals surface area contributed by atoms with Gasteiger partial charge in [-0.3, -0.25) is 4.90 Å². The van der Waals surface area contributed by atoms with Gasteiger partial charge in [-0.05, 0) is 51.4 Å². The fourth-order valence-electron chi connectivity index (χ4n) is 2.98. The lowest BCUT2D eigenvalue weighted by molar-refractivity contribution is -0.00794. The van der Waals surface area contributed by atoms with Gasteiger partial charge in [0, 0.05) is 16.4 Å². The van der Waals surface area contributed by atoms with Gasteiger partial charge in [-0.25, -0.2) is 0 Å². The molecule has 1 fully saturated rings. The van der Waals surface area contributed by atoms with Crippen LogP contribution in [0.2, 0.25) is 0 Å². The molecule has 0 spiro atoms. The molecule has 1 N–H and O–H groups in total. The maximum atomic E-state index is 10.7. The Morgan fingerprint density at radius 3 is 2.35 bits per heavy atom. The maximum Gasteiger partial charge on any atom is 0.0759 e. The largest absolute Gasteiger partial charge is 0.391 e. The van der Waals surface area contributed by atoms with Crippen molar-refractivity contribution in [2.75, 3.05) is 13.1 Å². The van der Waals surface area contributed by atoms with Gasteiger partial charge in [0.25, 0.3) is 0 Å². The van der Waals surface area contributed by atoms with Gasteiger partial charge >= 0.3 is 0 Å². The minimum absolute atomic E-state index is 0.167. The first kappa shape index (κ1) is 16.0. The fourth-order valence-corrected chi connectivity index (χ4v) is 3.43. The predicted molar refractivity (Wildman–Crippen MR) is 88.0 cm³/mol. The summed E-state index contributed by atoms with van der Waals surface area (Å²) in [6, 6.07) is 8.18. The molecule has 20 heavy (non-hydrogen) atoms. The molecule has 1 saturated heterocycles. The van der Waals surface area contributed by atoms with Crippen molar-refractivity contribution in [3.63, 3.8) is 0 Å². The number of aliphatic hydroxyl groups is 1. The van der Waals surface area contributed by atoms with Crippen molar-refractivity contribution in [1.29, 1.82) is 0 Å². The molecular formula is C17H26BrNO. The second-order valence-electron chi connectivity index (χ2n) is 6.37. The van der Waals surface area contributed by atoms with E-state index in [4.69, 9.17) is 0 Å². The topological polar surface area (TPSA) is 23.5 Å². The van der Waals surface area contributed by atoms with E-state index in [0.717, 1.165) is 17.6 Å². The van der Waals surface area contributed by atoms with Crippen LogP contribution in [0.4, 0.5) is 0 Å². The van der Waals surface area contributed by atoms with Crippen LogP contribution < -0.4 is 0 Å². The molecule has 0 bridgehead atoms. The summed E-state index contributed by atoms with van der Waals surface area (Å²) in [7, 11) is 0. The summed E-state index contributed by atoms with van der Waals surface area (Å²) >= 11 is 3.58. The second-order valence-corrected chi connectivity index (χ2v) is 7.22. The number of halogens is 1. The fraction of sp³-hybridized carbons (Fsp3) is 0.647. The minimum atomic E-state index is -0.348. The molecule has 112 valence electrons. The van der Waals surface area contributed by atoms with Gasteiger partial charge in [0.1, 0.15) is 0 Å². The van der Waals surface area contributed by atoms with Crippen molar-refractivity contribution in [3.05, 3.63) is 34.3 Å². The second kappa shape index (κ2) is 7.06. The van der Waals surface area contributed by atoms with Crippen LogP contribution >= 0.6 is 15.9 Å². The van der Waals surface area contributed by atoms with Crippen LogP contribution in [-0.2, 0) is 6.42 Å². The third-order valence-corrected chi connectivity index (χ3v) is 5.38. The third-order valence-electron chi connectivity index (χ3n) is 4.61. The molecule has 0 aromatic heterocycles. The van der Waals surface area contributed by atoms with E-state index >= 15 is 0 Å². The number of rotatable bonds is 4. The summed E-state index contributed by atoms with van der Waals surface area (Å²) in [5, 5.41) is 10.7. The maximum absolute atomic E-state index is 10.7. The highest BCUT2D eigenvalue weighted by Gasteiger charge is 2.34. The van der Waals surface area contributed by atoms with Crippen LogP contribution in [0.3, 0.4) is 0 Å². The molecule has 0 saturated carbocycles. The van der Waals surface area contributed by atoms with E-state index in [1.54, 1.807) is 0 Å². The normalized spacial score (nSPS) is 19.6. The molecular weight excluding hydrogens is 314 g/mol. The molecule has 1 aliphatic rings. The number of benzene rings is 1. The zero-order valence-corrected chi connectivity index (χ0v) is 14.2. The van der Waals surface area contributed by atoms with Gasteiger partial charge in [0.2, 0.25) is 0 Å². The molecule has 1 aliphatic heterocycles. The van der Waals surface area contributed by atoms with Crippen molar-refractivity contribution in [2.45, 2.75) is 57.6 Å². The summed E-state index contributed by atoms with van der Waals surface area (Å²) in [5.74, 6) is 0. The number of nitrogens with zero attached hydrogens (tertiary/aromatic N) is 1. The highest BCUT2D eigenvalue weighted by Crippen LogP contribution is 2.27. The van der Waals surface area contributed by atoms with E-state index in [9.17, 15) is 5.11 Å². The number of aliphatic hydroxyl groups excluding tert-OH is 1. The zero-order valence-electron chi connectivity index (χ0n) is 12.6. The van der Waals surface area contributed by atoms with Crippen molar-refractivity contribution in [1.82, 2.24) is 4.90 Å². The lowest BCUT2D eigenvalue weighted by Gasteiger charge is -2.41. The summed E-state index contributed by atoms with van der Waals surface area (Å²) in [4.78, 5) is 2.47. The van der Waals surface area contributed by atoms with Crippen LogP contribution in [0, 0.1) is 0 Å². The molecule has 1 aromatic carbocycles. The molecule has 0 aliphatic carbocycles. The smallest absolute Gasteiger partial charge is 0.0759 e. The number of likely N-dealkylation sites (tertiary alicyclic amines) is 1. The van der Waals surface area contributed by atoms with Gasteiger partial charge in [0.05, 0.1) is 6.10 Å². The minimum Gasteiger partial charge on any atom is -0.391 e. The lowest BCUT2D eigenvalue weighted by atomic mass is 9.89. The summed E-state index contributed by atoms with van der Waals surface area (Å²) in [6.07, 6.45) is 5.51. The van der Waals surface area contributed by atoms with Gasteiger partial charge in [0.15, 0.2) is 0 Å². The monoisotopic (exact) mass is 339 g/mol. The number of hydrogen-bond acceptors (Lipinski definition) is 2. The van der Waals surface area contributed by atoms with E-state index in [1.165, 1.54) is 31.2 Å². The SMILES string of the molecule is CC(C)(C(O)Cc1ccccc1Br)N1CCCCCC1. The van der Waals surface area contributed by atoms with Crippen molar-refractivity contribution in [2.24, 2.45) is 0 Å². The Hall–Kier alpha value is -0.380. The highest BCUT2D eigenvalue weighted by atomic mass is 79.9. The summed E-state index contributed by atoms with van der Waals surface area (Å²) in [6.45, 7) is 6.58. The van der Waals surface area contributed by atoms with Crippen LogP contribution in [0.25, 0.3) is 0 Å². The average molecular weight is 340 g/mol. The van der Waals surface area contributed by atoms with Gasteiger partial charge < -0.3 is 5.11 Å². The van der Waals surface area contributed by atoms with Crippen LogP contribution in [0.1, 0.15) is 45.1 Å². The van der Waals surface area contributed by atoms with Crippen molar-refractivity contribution >= 4 is 15.9 Å². The molecule has 1 unspecified atom stereocenters. The Kier molecular flexibility index (Phi) is 5.65. The summed E-state index contributed by atoms with van der Waals surface area (Å²) in [5.41, 5.74) is 1.02. The van der Waals surface area contributed by atoms with Crippen molar-refractivity contribution < 1.29 is 5.11 Å². The van der Waals surface area contributed by atoms with Gasteiger partial charge in [-0.2, -0.15) is 0 Å². The van der Waals surface area contributed by atoms with E-state index < -0.39 is 0 Å². The predicted octanol–water partition coefficient (Wildman–Crippen LogP) is 4.01. The van der Waals surface area contributed by atoms with Crippen LogP contribution in [-0.4, -0.2) is 34.7 Å². The molecule has 2 nitrogen and oxygen atoms in total. The van der Waals surface area contributed by atoms with Gasteiger partial charge in [-0.15, -0.1) is 0 Å². The standard InChI is InChI=1S/C17H26BrNO/c1-17(2,19-11-7-3-4-8-12-19)16(20)13-14-9-5-6-10-15(14)18/h5-6,9-10,16,20H,3-4,7-8,11-13H2,1-2H3. The van der Waals surface area contributed by atoms with E-state index in [2.05, 4.69) is 40.7 Å². The van der Waals surface area contributed by atoms with E-state index in [0.29, 0.717) is 6.42 Å². The zero-order chi connectivity index (χ0) is 14.6. The Labute approximate surface area is 131 Å². The van der Waals surface area contributed by atoms with Crippen LogP contribution in [0.5, 0.6) is 0 Å². The molecule has 0 amide bonds. The average Bonchev–Trinajstić information content (AvgIpc) is 2.70. The van der Waals surface area contributed by atoms with E-state index in [1.807, 2.05) is 18.2 Å². The van der Waals surface area contributed by atoms with Crippen molar-refractivity contribution in [3.8, 4) is 0 Å². The molecule has 0 radical (unpaired) electrons. The molecule has 2 rings (SSSR count). The quantitative estimate of drug-likeness (QED) is 0.895. The molecule has 3 heteroatoms. The molecule has 1 atom stereocenters. The third kappa shape index (κ3) is 3.84. The number of hydrogen-bond donors (Lipinski definition) is 1. The first-order chi connectivity index (χ1) is 9.51. The van der Waals surface area contributed by atoms with Crippen LogP contribution in [0.15, 0.2) is 28.7 Å². The Bertz CT molecular complexity index is 425. The summed E-state index contributed by atoms with van der Waals surface area (Å²) < 4.78 is 1.09. The lowest BCUT2D eigenvalue weighted by Crippen LogP contribution is -2.53. The molecule has 1 aromatic rings. The Morgan fingerprint density at radius 2 is 1.75 bits per heavy atom.